The van der Waals surface area contributed by atoms with Crippen LogP contribution in [0.2, 0.25) is 5.02 Å². The number of hydrogen-bond donors (Lipinski definition) is 0. The molecule has 4 rings (SSSR count). The summed E-state index contributed by atoms with van der Waals surface area (Å²) in [5, 5.41) is 1.12. The smallest absolute Gasteiger partial charge is 0.290 e. The van der Waals surface area contributed by atoms with Gasteiger partial charge in [-0.3, -0.25) is 9.59 Å². The van der Waals surface area contributed by atoms with Crippen molar-refractivity contribution in [3.8, 4) is 0 Å². The number of carbonyl (C=O) groups is 1. The number of aryl methyl sites for hydroxylation is 2. The summed E-state index contributed by atoms with van der Waals surface area (Å²) in [5.74, 6) is -0.277. The van der Waals surface area contributed by atoms with E-state index in [0.717, 1.165) is 29.5 Å². The van der Waals surface area contributed by atoms with E-state index in [0.29, 0.717) is 35.7 Å². The Balaban J connectivity index is 1.68. The molecule has 3 aromatic rings. The van der Waals surface area contributed by atoms with Crippen LogP contribution in [0.15, 0.2) is 51.7 Å². The third kappa shape index (κ3) is 4.42. The highest BCUT2D eigenvalue weighted by Gasteiger charge is 2.26. The molecule has 0 radical (unpaired) electrons. The molecule has 1 fully saturated rings. The Bertz CT molecular complexity index is 1130. The van der Waals surface area contributed by atoms with E-state index in [-0.39, 0.29) is 23.2 Å². The van der Waals surface area contributed by atoms with Gasteiger partial charge in [0.05, 0.1) is 11.5 Å². The zero-order valence-corrected chi connectivity index (χ0v) is 17.9. The molecule has 2 heterocycles. The van der Waals surface area contributed by atoms with Crippen molar-refractivity contribution in [2.24, 2.45) is 0 Å². The predicted molar refractivity (Wildman–Crippen MR) is 117 cm³/mol. The van der Waals surface area contributed by atoms with Crippen molar-refractivity contribution in [2.75, 3.05) is 13.2 Å². The minimum absolute atomic E-state index is 0.0154. The van der Waals surface area contributed by atoms with Crippen molar-refractivity contribution in [1.82, 2.24) is 4.90 Å². The molecule has 1 atom stereocenters. The summed E-state index contributed by atoms with van der Waals surface area (Å²) < 4.78 is 11.6. The lowest BCUT2D eigenvalue weighted by atomic mass is 10.1. The molecule has 0 aliphatic carbocycles. The van der Waals surface area contributed by atoms with Crippen LogP contribution in [0, 0.1) is 13.8 Å². The molecule has 1 aliphatic rings. The maximum atomic E-state index is 13.4. The molecule has 0 N–H and O–H groups in total. The van der Waals surface area contributed by atoms with E-state index in [1.54, 1.807) is 17.0 Å². The van der Waals surface area contributed by atoms with Crippen LogP contribution in [-0.2, 0) is 11.3 Å². The third-order valence-corrected chi connectivity index (χ3v) is 5.83. The van der Waals surface area contributed by atoms with Gasteiger partial charge < -0.3 is 14.1 Å². The first-order chi connectivity index (χ1) is 14.4. The summed E-state index contributed by atoms with van der Waals surface area (Å²) in [6.07, 6.45) is 1.88. The van der Waals surface area contributed by atoms with Crippen LogP contribution in [0.25, 0.3) is 11.0 Å². The Labute approximate surface area is 180 Å². The monoisotopic (exact) mass is 425 g/mol. The zero-order valence-electron chi connectivity index (χ0n) is 17.1. The normalized spacial score (nSPS) is 16.2. The average molecular weight is 426 g/mol. The number of carbonyl (C=O) groups excluding carboxylic acids is 1. The lowest BCUT2D eigenvalue weighted by Gasteiger charge is -2.25. The minimum Gasteiger partial charge on any atom is -0.451 e. The first-order valence-corrected chi connectivity index (χ1v) is 10.5. The molecule has 5 nitrogen and oxygen atoms in total. The lowest BCUT2D eigenvalue weighted by Crippen LogP contribution is -2.37. The SMILES string of the molecule is Cc1cc2oc(C(=O)N(Cc3ccc(Cl)cc3)CC3CCCO3)cc(=O)c2cc1C. The number of rotatable bonds is 5. The molecule has 6 heteroatoms. The van der Waals surface area contributed by atoms with Gasteiger partial charge in [0, 0.05) is 30.8 Å². The quantitative estimate of drug-likeness (QED) is 0.584. The Morgan fingerprint density at radius 3 is 2.57 bits per heavy atom. The largest absolute Gasteiger partial charge is 0.451 e. The van der Waals surface area contributed by atoms with Crippen LogP contribution in [-0.4, -0.2) is 30.1 Å². The standard InChI is InChI=1S/C24H24ClNO4/c1-15-10-20-21(27)12-23(30-22(20)11-16(15)2)24(28)26(14-19-4-3-9-29-19)13-17-5-7-18(25)8-6-17/h5-8,10-12,19H,3-4,9,13-14H2,1-2H3. The van der Waals surface area contributed by atoms with Gasteiger partial charge in [0.2, 0.25) is 0 Å². The van der Waals surface area contributed by atoms with E-state index in [9.17, 15) is 9.59 Å². The van der Waals surface area contributed by atoms with Gasteiger partial charge in [0.25, 0.3) is 5.91 Å². The van der Waals surface area contributed by atoms with Gasteiger partial charge in [-0.1, -0.05) is 23.7 Å². The molecule has 30 heavy (non-hydrogen) atoms. The minimum atomic E-state index is -0.322. The summed E-state index contributed by atoms with van der Waals surface area (Å²) in [7, 11) is 0. The summed E-state index contributed by atoms with van der Waals surface area (Å²) in [5.41, 5.74) is 3.17. The number of halogens is 1. The van der Waals surface area contributed by atoms with E-state index in [2.05, 4.69) is 0 Å². The van der Waals surface area contributed by atoms with Gasteiger partial charge in [-0.25, -0.2) is 0 Å². The van der Waals surface area contributed by atoms with Crippen molar-refractivity contribution in [3.05, 3.63) is 80.2 Å². The number of hydrogen-bond acceptors (Lipinski definition) is 4. The summed E-state index contributed by atoms with van der Waals surface area (Å²) >= 11 is 5.99. The molecule has 0 spiro atoms. The highest BCUT2D eigenvalue weighted by Crippen LogP contribution is 2.21. The lowest BCUT2D eigenvalue weighted by molar-refractivity contribution is 0.0484. The predicted octanol–water partition coefficient (Wildman–Crippen LogP) is 4.88. The molecule has 0 saturated carbocycles. The van der Waals surface area contributed by atoms with Crippen molar-refractivity contribution in [2.45, 2.75) is 39.3 Å². The molecule has 1 amide bonds. The van der Waals surface area contributed by atoms with Gasteiger partial charge in [-0.05, 0) is 67.6 Å². The van der Waals surface area contributed by atoms with Crippen molar-refractivity contribution >= 4 is 28.5 Å². The first-order valence-electron chi connectivity index (χ1n) is 10.1. The number of nitrogens with zero attached hydrogens (tertiary/aromatic N) is 1. The number of ether oxygens (including phenoxy) is 1. The number of benzene rings is 2. The van der Waals surface area contributed by atoms with Crippen LogP contribution in [0.5, 0.6) is 0 Å². The summed E-state index contributed by atoms with van der Waals surface area (Å²) in [6, 6.07) is 12.3. The second kappa shape index (κ2) is 8.62. The number of fused-ring (bicyclic) bond motifs is 1. The number of amides is 1. The highest BCUT2D eigenvalue weighted by molar-refractivity contribution is 6.30. The molecule has 1 saturated heterocycles. The highest BCUT2D eigenvalue weighted by atomic mass is 35.5. The van der Waals surface area contributed by atoms with Crippen molar-refractivity contribution in [1.29, 1.82) is 0 Å². The van der Waals surface area contributed by atoms with E-state index in [1.165, 1.54) is 6.07 Å². The van der Waals surface area contributed by atoms with E-state index < -0.39 is 0 Å². The van der Waals surface area contributed by atoms with E-state index in [1.807, 2.05) is 38.1 Å². The molecule has 1 aromatic heterocycles. The van der Waals surface area contributed by atoms with Crippen LogP contribution in [0.4, 0.5) is 0 Å². The Morgan fingerprint density at radius 2 is 1.87 bits per heavy atom. The molecule has 1 unspecified atom stereocenters. The first kappa shape index (κ1) is 20.6. The Kier molecular flexibility index (Phi) is 5.93. The Morgan fingerprint density at radius 1 is 1.13 bits per heavy atom. The van der Waals surface area contributed by atoms with Crippen LogP contribution >= 0.6 is 11.6 Å². The zero-order chi connectivity index (χ0) is 21.3. The van der Waals surface area contributed by atoms with Crippen LogP contribution in [0.3, 0.4) is 0 Å². The fraction of sp³-hybridized carbons (Fsp3) is 0.333. The van der Waals surface area contributed by atoms with Gasteiger partial charge in [0.15, 0.2) is 11.2 Å². The van der Waals surface area contributed by atoms with Crippen LogP contribution in [0.1, 0.15) is 40.1 Å². The van der Waals surface area contributed by atoms with Gasteiger partial charge in [0.1, 0.15) is 5.58 Å². The fourth-order valence-electron chi connectivity index (χ4n) is 3.74. The molecule has 1 aliphatic heterocycles. The van der Waals surface area contributed by atoms with Crippen molar-refractivity contribution < 1.29 is 13.9 Å². The van der Waals surface area contributed by atoms with Gasteiger partial charge in [-0.15, -0.1) is 0 Å². The molecule has 156 valence electrons. The maximum absolute atomic E-state index is 13.4. The van der Waals surface area contributed by atoms with E-state index >= 15 is 0 Å². The van der Waals surface area contributed by atoms with Crippen molar-refractivity contribution in [3.63, 3.8) is 0 Å². The van der Waals surface area contributed by atoms with Gasteiger partial charge in [-0.2, -0.15) is 0 Å². The molecular weight excluding hydrogens is 402 g/mol. The Hall–Kier alpha value is -2.63. The average Bonchev–Trinajstić information content (AvgIpc) is 3.23. The molecule has 0 bridgehead atoms. The van der Waals surface area contributed by atoms with E-state index in [4.69, 9.17) is 20.8 Å². The van der Waals surface area contributed by atoms with Crippen LogP contribution < -0.4 is 5.43 Å². The second-order valence-corrected chi connectivity index (χ2v) is 8.29. The summed E-state index contributed by atoms with van der Waals surface area (Å²) in [4.78, 5) is 27.7. The second-order valence-electron chi connectivity index (χ2n) is 7.85. The summed E-state index contributed by atoms with van der Waals surface area (Å²) in [6.45, 7) is 5.42. The van der Waals surface area contributed by atoms with Gasteiger partial charge >= 0.3 is 0 Å². The third-order valence-electron chi connectivity index (χ3n) is 5.58. The topological polar surface area (TPSA) is 59.8 Å². The molecular formula is C24H24ClNO4. The molecule has 2 aromatic carbocycles. The fourth-order valence-corrected chi connectivity index (χ4v) is 3.86. The maximum Gasteiger partial charge on any atom is 0.290 e.